The van der Waals surface area contributed by atoms with Crippen LogP contribution in [0.5, 0.6) is 0 Å². The van der Waals surface area contributed by atoms with Crippen LogP contribution in [0.25, 0.3) is 22.2 Å². The number of nitrogens with one attached hydrogen (secondary N) is 2. The number of hydrogen-bond donors (Lipinski definition) is 3. The minimum absolute atomic E-state index is 0.00577. The van der Waals surface area contributed by atoms with E-state index in [-0.39, 0.29) is 36.5 Å². The predicted octanol–water partition coefficient (Wildman–Crippen LogP) is 7.30. The van der Waals surface area contributed by atoms with E-state index >= 15 is 0 Å². The topological polar surface area (TPSA) is 109 Å². The van der Waals surface area contributed by atoms with Crippen LogP contribution < -0.4 is 11.0 Å². The van der Waals surface area contributed by atoms with Crippen LogP contribution in [-0.2, 0) is 22.6 Å². The molecular weight excluding hydrogens is 665 g/mol. The maximum absolute atomic E-state index is 12.9. The molecule has 0 radical (unpaired) electrons. The van der Waals surface area contributed by atoms with Crippen molar-refractivity contribution in [1.82, 2.24) is 19.8 Å². The third kappa shape index (κ3) is 7.89. The van der Waals surface area contributed by atoms with Crippen LogP contribution >= 0.6 is 0 Å². The Bertz CT molecular complexity index is 2220. The second-order valence-electron chi connectivity index (χ2n) is 14.1. The van der Waals surface area contributed by atoms with E-state index in [0.717, 1.165) is 76.9 Å². The third-order valence-corrected chi connectivity index (χ3v) is 10.5. The molecule has 53 heavy (non-hydrogen) atoms. The van der Waals surface area contributed by atoms with Gasteiger partial charge in [0, 0.05) is 49.8 Å². The van der Waals surface area contributed by atoms with Gasteiger partial charge in [-0.25, -0.2) is 4.79 Å². The number of aliphatic hydroxyl groups is 1. The van der Waals surface area contributed by atoms with Crippen LogP contribution in [-0.4, -0.2) is 51.2 Å². The van der Waals surface area contributed by atoms with Gasteiger partial charge in [-0.05, 0) is 77.1 Å². The molecule has 0 saturated carbocycles. The Morgan fingerprint density at radius 3 is 2.30 bits per heavy atom. The van der Waals surface area contributed by atoms with Crippen molar-refractivity contribution in [3.63, 3.8) is 0 Å². The number of para-hydroxylation sites is 2. The number of rotatable bonds is 10. The number of amides is 1. The van der Waals surface area contributed by atoms with E-state index in [0.29, 0.717) is 18.5 Å². The molecule has 9 heteroatoms. The first-order chi connectivity index (χ1) is 26.0. The number of H-pyrrole nitrogens is 1. The Balaban J connectivity index is 0.979. The molecule has 2 aliphatic heterocycles. The van der Waals surface area contributed by atoms with Crippen molar-refractivity contribution < 1.29 is 19.4 Å². The Morgan fingerprint density at radius 2 is 1.51 bits per heavy atom. The quantitative estimate of drug-likeness (QED) is 0.138. The number of aromatic nitrogens is 2. The van der Waals surface area contributed by atoms with Gasteiger partial charge < -0.3 is 29.8 Å². The van der Waals surface area contributed by atoms with Crippen molar-refractivity contribution in [2.75, 3.05) is 19.6 Å². The molecule has 3 heterocycles. The molecule has 3 N–H and O–H groups in total. The average Bonchev–Trinajstić information content (AvgIpc) is 3.56. The van der Waals surface area contributed by atoms with Crippen LogP contribution in [0.15, 0.2) is 132 Å². The van der Waals surface area contributed by atoms with Crippen LogP contribution in [0.2, 0.25) is 0 Å². The summed E-state index contributed by atoms with van der Waals surface area (Å²) < 4.78 is 15.4. The molecule has 0 bridgehead atoms. The molecule has 2 saturated heterocycles. The standard InChI is InChI=1S/C44H44N4O5/c49-29-30-16-18-32(19-17-30)41-26-38(28-47-22-20-37(21-23-47)48-40-15-5-4-14-39(40)46-44(48)51)52-43(53-41)36-13-7-12-35(25-36)34-11-6-8-31(24-34)27-45-42(50)33-9-2-1-3-10-33/h1-19,24-25,37-38,41,43,49H,20-23,26-29H2,(H,45,50)(H,46,51)/t38-,41+,43+/m1/s1. The van der Waals surface area contributed by atoms with Crippen molar-refractivity contribution in [3.05, 3.63) is 166 Å². The maximum atomic E-state index is 12.9. The average molecular weight is 709 g/mol. The van der Waals surface area contributed by atoms with Crippen molar-refractivity contribution in [1.29, 1.82) is 0 Å². The van der Waals surface area contributed by atoms with E-state index < -0.39 is 6.29 Å². The van der Waals surface area contributed by atoms with E-state index in [1.165, 1.54) is 0 Å². The largest absolute Gasteiger partial charge is 0.392 e. The van der Waals surface area contributed by atoms with Gasteiger partial charge in [0.05, 0.1) is 29.8 Å². The number of nitrogens with zero attached hydrogens (tertiary/aromatic N) is 2. The third-order valence-electron chi connectivity index (χ3n) is 10.5. The first-order valence-electron chi connectivity index (χ1n) is 18.5. The minimum atomic E-state index is -0.577. The van der Waals surface area contributed by atoms with Crippen LogP contribution in [0, 0.1) is 0 Å². The van der Waals surface area contributed by atoms with Crippen LogP contribution in [0.3, 0.4) is 0 Å². The lowest BCUT2D eigenvalue weighted by molar-refractivity contribution is -0.253. The number of carbonyl (C=O) groups excluding carboxylic acids is 1. The molecule has 2 aliphatic rings. The Morgan fingerprint density at radius 1 is 0.774 bits per heavy atom. The van der Waals surface area contributed by atoms with Crippen molar-refractivity contribution in [2.45, 2.75) is 57.0 Å². The molecule has 0 unspecified atom stereocenters. The molecule has 2 fully saturated rings. The second kappa shape index (κ2) is 15.7. The molecule has 0 aliphatic carbocycles. The Hall–Kier alpha value is -5.32. The summed E-state index contributed by atoms with van der Waals surface area (Å²) in [5.41, 5.74) is 8.37. The number of hydrogen-bond acceptors (Lipinski definition) is 6. The van der Waals surface area contributed by atoms with Gasteiger partial charge in [-0.2, -0.15) is 0 Å². The molecule has 0 spiro atoms. The van der Waals surface area contributed by atoms with E-state index in [2.05, 4.69) is 45.5 Å². The number of fused-ring (bicyclic) bond motifs is 1. The van der Waals surface area contributed by atoms with Crippen molar-refractivity contribution in [2.24, 2.45) is 0 Å². The number of aliphatic hydroxyl groups excluding tert-OH is 1. The summed E-state index contributed by atoms with van der Waals surface area (Å²) in [5.74, 6) is -0.103. The predicted molar refractivity (Wildman–Crippen MR) is 205 cm³/mol. The first-order valence-corrected chi connectivity index (χ1v) is 18.5. The molecule has 1 aromatic heterocycles. The number of likely N-dealkylation sites (tertiary alicyclic amines) is 1. The zero-order valence-corrected chi connectivity index (χ0v) is 29.6. The molecule has 9 nitrogen and oxygen atoms in total. The molecule has 8 rings (SSSR count). The minimum Gasteiger partial charge on any atom is -0.392 e. The van der Waals surface area contributed by atoms with Gasteiger partial charge in [0.15, 0.2) is 6.29 Å². The van der Waals surface area contributed by atoms with Gasteiger partial charge in [0.2, 0.25) is 0 Å². The highest BCUT2D eigenvalue weighted by Gasteiger charge is 2.34. The lowest BCUT2D eigenvalue weighted by Gasteiger charge is -2.40. The van der Waals surface area contributed by atoms with Gasteiger partial charge in [-0.1, -0.05) is 91.0 Å². The molecule has 3 atom stereocenters. The normalized spacial score (nSPS) is 19.7. The number of piperidine rings is 1. The number of carbonyl (C=O) groups is 1. The molecular formula is C44H44N4O5. The SMILES string of the molecule is O=C(NCc1cccc(-c2cccc([C@H]3O[C@@H](CN4CCC(n5c(=O)[nH]c6ccccc65)CC4)C[C@@H](c4ccc(CO)cc4)O3)c2)c1)c1ccccc1. The number of imidazole rings is 1. The highest BCUT2D eigenvalue weighted by molar-refractivity contribution is 5.94. The molecule has 5 aromatic carbocycles. The van der Waals surface area contributed by atoms with Gasteiger partial charge in [-0.15, -0.1) is 0 Å². The van der Waals surface area contributed by atoms with Crippen molar-refractivity contribution in [3.8, 4) is 11.1 Å². The van der Waals surface area contributed by atoms with Crippen LogP contribution in [0.4, 0.5) is 0 Å². The highest BCUT2D eigenvalue weighted by atomic mass is 16.7. The Kier molecular flexibility index (Phi) is 10.3. The lowest BCUT2D eigenvalue weighted by atomic mass is 9.97. The van der Waals surface area contributed by atoms with Gasteiger partial charge in [0.25, 0.3) is 5.91 Å². The number of benzene rings is 5. The molecule has 1 amide bonds. The first kappa shape index (κ1) is 34.7. The maximum Gasteiger partial charge on any atom is 0.326 e. The zero-order valence-electron chi connectivity index (χ0n) is 29.6. The van der Waals surface area contributed by atoms with E-state index in [1.54, 1.807) is 0 Å². The van der Waals surface area contributed by atoms with E-state index in [1.807, 2.05) is 102 Å². The van der Waals surface area contributed by atoms with E-state index in [4.69, 9.17) is 9.47 Å². The monoisotopic (exact) mass is 708 g/mol. The fourth-order valence-corrected chi connectivity index (χ4v) is 7.72. The Labute approximate surface area is 308 Å². The summed E-state index contributed by atoms with van der Waals surface area (Å²) in [7, 11) is 0. The van der Waals surface area contributed by atoms with Gasteiger partial charge >= 0.3 is 5.69 Å². The van der Waals surface area contributed by atoms with Gasteiger partial charge in [0.1, 0.15) is 0 Å². The number of ether oxygens (including phenoxy) is 2. The van der Waals surface area contributed by atoms with Gasteiger partial charge in [-0.3, -0.25) is 9.36 Å². The number of aromatic amines is 1. The summed E-state index contributed by atoms with van der Waals surface area (Å²) >= 11 is 0. The smallest absolute Gasteiger partial charge is 0.326 e. The fraction of sp³-hybridized carbons (Fsp3) is 0.273. The summed E-state index contributed by atoms with van der Waals surface area (Å²) in [4.78, 5) is 31.0. The highest BCUT2D eigenvalue weighted by Crippen LogP contribution is 2.39. The second-order valence-corrected chi connectivity index (χ2v) is 14.1. The molecule has 6 aromatic rings. The van der Waals surface area contributed by atoms with Crippen LogP contribution in [0.1, 0.15) is 70.3 Å². The zero-order chi connectivity index (χ0) is 36.1. The summed E-state index contributed by atoms with van der Waals surface area (Å²) in [5, 5.41) is 12.7. The van der Waals surface area contributed by atoms with E-state index in [9.17, 15) is 14.7 Å². The fourth-order valence-electron chi connectivity index (χ4n) is 7.72. The summed E-state index contributed by atoms with van der Waals surface area (Å²) in [6, 6.07) is 41.8. The summed E-state index contributed by atoms with van der Waals surface area (Å²) in [6.45, 7) is 2.92. The summed E-state index contributed by atoms with van der Waals surface area (Å²) in [6.07, 6.45) is 1.63. The van der Waals surface area contributed by atoms with Crippen molar-refractivity contribution >= 4 is 16.9 Å². The molecule has 270 valence electrons. The lowest BCUT2D eigenvalue weighted by Crippen LogP contribution is -2.43.